The van der Waals surface area contributed by atoms with Crippen molar-refractivity contribution in [1.82, 2.24) is 5.32 Å². The topological polar surface area (TPSA) is 84.9 Å². The first-order valence-corrected chi connectivity index (χ1v) is 10.0. The summed E-state index contributed by atoms with van der Waals surface area (Å²) >= 11 is 0. The molecular weight excluding hydrogens is 344 g/mol. The number of rotatable bonds is 7. The molecule has 0 spiro atoms. The Bertz CT molecular complexity index is 718. The molecule has 0 unspecified atom stereocenters. The van der Waals surface area contributed by atoms with E-state index < -0.39 is 10.0 Å². The molecule has 1 atom stereocenters. The van der Waals surface area contributed by atoms with Gasteiger partial charge in [0.05, 0.1) is 11.4 Å². The molecule has 0 radical (unpaired) electrons. The van der Waals surface area contributed by atoms with Crippen molar-refractivity contribution in [2.24, 2.45) is 5.92 Å². The maximum absolute atomic E-state index is 12.5. The van der Waals surface area contributed by atoms with E-state index >= 15 is 0 Å². The van der Waals surface area contributed by atoms with Gasteiger partial charge in [0.15, 0.2) is 11.5 Å². The average molecular weight is 370 g/mol. The van der Waals surface area contributed by atoms with E-state index in [9.17, 15) is 13.2 Å². The van der Waals surface area contributed by atoms with Gasteiger partial charge in [-0.1, -0.05) is 13.8 Å². The second kappa shape index (κ2) is 7.95. The molecule has 0 bridgehead atoms. The molecule has 140 valence electrons. The minimum atomic E-state index is -3.61. The second-order valence-corrected chi connectivity index (χ2v) is 8.52. The summed E-state index contributed by atoms with van der Waals surface area (Å²) in [5, 5.41) is 2.84. The molecule has 1 amide bonds. The molecule has 25 heavy (non-hydrogen) atoms. The average Bonchev–Trinajstić information content (AvgIpc) is 2.59. The fourth-order valence-corrected chi connectivity index (χ4v) is 3.35. The van der Waals surface area contributed by atoms with Gasteiger partial charge in [0.25, 0.3) is 0 Å². The number of hydrogen-bond donors (Lipinski definition) is 1. The fraction of sp³-hybridized carbons (Fsp3) is 0.588. The number of nitrogens with zero attached hydrogens (tertiary/aromatic N) is 1. The number of carbonyl (C=O) groups excluding carboxylic acids is 1. The Balaban J connectivity index is 2.26. The molecule has 0 aromatic heterocycles. The zero-order valence-electron chi connectivity index (χ0n) is 15.1. The summed E-state index contributed by atoms with van der Waals surface area (Å²) in [5.41, 5.74) is 0.387. The third-order valence-corrected chi connectivity index (χ3v) is 5.93. The van der Waals surface area contributed by atoms with Gasteiger partial charge in [-0.15, -0.1) is 0 Å². The number of carbonyl (C=O) groups is 1. The summed E-state index contributed by atoms with van der Waals surface area (Å²) in [6.45, 7) is 8.02. The highest BCUT2D eigenvalue weighted by atomic mass is 32.2. The summed E-state index contributed by atoms with van der Waals surface area (Å²) < 4.78 is 37.1. The van der Waals surface area contributed by atoms with Crippen LogP contribution in [0.5, 0.6) is 11.5 Å². The number of benzene rings is 1. The van der Waals surface area contributed by atoms with Crippen LogP contribution in [0.3, 0.4) is 0 Å². The van der Waals surface area contributed by atoms with Gasteiger partial charge in [-0.3, -0.25) is 9.10 Å². The number of sulfonamides is 1. The molecule has 0 aliphatic carbocycles. The lowest BCUT2D eigenvalue weighted by Crippen LogP contribution is -2.45. The van der Waals surface area contributed by atoms with Gasteiger partial charge >= 0.3 is 0 Å². The summed E-state index contributed by atoms with van der Waals surface area (Å²) in [7, 11) is -3.61. The molecule has 0 saturated carbocycles. The number of hydrogen-bond acceptors (Lipinski definition) is 5. The Hall–Kier alpha value is -1.96. The van der Waals surface area contributed by atoms with Crippen molar-refractivity contribution in [2.75, 3.05) is 29.8 Å². The number of amides is 1. The van der Waals surface area contributed by atoms with Crippen molar-refractivity contribution in [3.8, 4) is 11.5 Å². The van der Waals surface area contributed by atoms with Crippen molar-refractivity contribution in [2.45, 2.75) is 33.7 Å². The number of anilines is 1. The Morgan fingerprint density at radius 1 is 1.20 bits per heavy atom. The van der Waals surface area contributed by atoms with Crippen molar-refractivity contribution in [3.05, 3.63) is 18.2 Å². The minimum Gasteiger partial charge on any atom is -0.486 e. The zero-order chi connectivity index (χ0) is 18.6. The monoisotopic (exact) mass is 370 g/mol. The van der Waals surface area contributed by atoms with Crippen LogP contribution < -0.4 is 19.1 Å². The third-order valence-electron chi connectivity index (χ3n) is 4.19. The van der Waals surface area contributed by atoms with E-state index in [4.69, 9.17) is 9.47 Å². The van der Waals surface area contributed by atoms with Crippen LogP contribution >= 0.6 is 0 Å². The minimum absolute atomic E-state index is 0.0426. The van der Waals surface area contributed by atoms with Crippen LogP contribution in [-0.2, 0) is 14.8 Å². The number of ether oxygens (including phenoxy) is 2. The molecule has 7 nitrogen and oxygen atoms in total. The normalized spacial score (nSPS) is 14.9. The molecule has 2 rings (SSSR count). The fourth-order valence-electron chi connectivity index (χ4n) is 2.29. The lowest BCUT2D eigenvalue weighted by molar-refractivity contribution is -0.120. The number of nitrogens with one attached hydrogen (secondary N) is 1. The second-order valence-electron chi connectivity index (χ2n) is 6.34. The molecule has 1 N–H and O–H groups in total. The molecule has 1 heterocycles. The summed E-state index contributed by atoms with van der Waals surface area (Å²) in [6, 6.07) is 4.84. The van der Waals surface area contributed by atoms with Gasteiger partial charge in [-0.25, -0.2) is 8.42 Å². The van der Waals surface area contributed by atoms with Crippen LogP contribution in [-0.4, -0.2) is 45.9 Å². The van der Waals surface area contributed by atoms with Crippen molar-refractivity contribution in [3.63, 3.8) is 0 Å². The summed E-state index contributed by atoms with van der Waals surface area (Å²) in [5.74, 6) is 0.870. The maximum atomic E-state index is 12.5. The van der Waals surface area contributed by atoms with E-state index in [1.165, 1.54) is 0 Å². The van der Waals surface area contributed by atoms with Gasteiger partial charge in [-0.2, -0.15) is 0 Å². The lowest BCUT2D eigenvalue weighted by Gasteiger charge is -2.26. The van der Waals surface area contributed by atoms with Crippen LogP contribution in [0.15, 0.2) is 18.2 Å². The molecule has 1 aromatic carbocycles. The van der Waals surface area contributed by atoms with Crippen LogP contribution in [0.4, 0.5) is 5.69 Å². The van der Waals surface area contributed by atoms with E-state index in [0.29, 0.717) is 30.4 Å². The molecule has 1 aliphatic heterocycles. The van der Waals surface area contributed by atoms with Gasteiger partial charge in [0, 0.05) is 12.1 Å². The van der Waals surface area contributed by atoms with E-state index in [2.05, 4.69) is 5.32 Å². The maximum Gasteiger partial charge on any atom is 0.240 e. The van der Waals surface area contributed by atoms with Crippen molar-refractivity contribution < 1.29 is 22.7 Å². The highest BCUT2D eigenvalue weighted by molar-refractivity contribution is 7.92. The smallest absolute Gasteiger partial charge is 0.240 e. The van der Waals surface area contributed by atoms with E-state index in [1.807, 2.05) is 20.8 Å². The van der Waals surface area contributed by atoms with E-state index in [1.54, 1.807) is 25.1 Å². The molecule has 1 aliphatic rings. The Kier molecular flexibility index (Phi) is 6.16. The van der Waals surface area contributed by atoms with Crippen molar-refractivity contribution in [1.29, 1.82) is 0 Å². The molecule has 8 heteroatoms. The summed E-state index contributed by atoms with van der Waals surface area (Å²) in [4.78, 5) is 12.3. The zero-order valence-corrected chi connectivity index (χ0v) is 15.9. The Morgan fingerprint density at radius 3 is 2.44 bits per heavy atom. The standard InChI is InChI=1S/C17H26N2O5S/c1-5-25(21,22)19(11-17(20)18-13(4)12(2)3)14-6-7-15-16(10-14)24-9-8-23-15/h6-7,10,12-13H,5,8-9,11H2,1-4H3,(H,18,20)/t13-/m1/s1. The van der Waals surface area contributed by atoms with Crippen LogP contribution in [0, 0.1) is 5.92 Å². The van der Waals surface area contributed by atoms with Crippen LogP contribution in [0.1, 0.15) is 27.7 Å². The molecule has 1 aromatic rings. The molecule has 0 saturated heterocycles. The van der Waals surface area contributed by atoms with Gasteiger partial charge in [-0.05, 0) is 31.9 Å². The first kappa shape index (κ1) is 19.4. The summed E-state index contributed by atoms with van der Waals surface area (Å²) in [6.07, 6.45) is 0. The van der Waals surface area contributed by atoms with Crippen molar-refractivity contribution >= 4 is 21.6 Å². The molecular formula is C17H26N2O5S. The first-order valence-electron chi connectivity index (χ1n) is 8.44. The van der Waals surface area contributed by atoms with E-state index in [0.717, 1.165) is 4.31 Å². The van der Waals surface area contributed by atoms with Gasteiger partial charge in [0.1, 0.15) is 19.8 Å². The predicted octanol–water partition coefficient (Wildman–Crippen LogP) is 1.77. The Morgan fingerprint density at radius 2 is 1.84 bits per heavy atom. The largest absolute Gasteiger partial charge is 0.486 e. The Labute approximate surface area is 149 Å². The molecule has 0 fully saturated rings. The highest BCUT2D eigenvalue weighted by Crippen LogP contribution is 2.34. The quantitative estimate of drug-likeness (QED) is 0.791. The number of fused-ring (bicyclic) bond motifs is 1. The van der Waals surface area contributed by atoms with Gasteiger partial charge in [0.2, 0.25) is 15.9 Å². The van der Waals surface area contributed by atoms with Crippen LogP contribution in [0.2, 0.25) is 0 Å². The lowest BCUT2D eigenvalue weighted by atomic mass is 10.1. The SMILES string of the molecule is CCS(=O)(=O)N(CC(=O)N[C@H](C)C(C)C)c1ccc2c(c1)OCCO2. The van der Waals surface area contributed by atoms with Crippen LogP contribution in [0.25, 0.3) is 0 Å². The highest BCUT2D eigenvalue weighted by Gasteiger charge is 2.26. The van der Waals surface area contributed by atoms with E-state index in [-0.39, 0.29) is 30.2 Å². The predicted molar refractivity (Wildman–Crippen MR) is 96.7 cm³/mol. The van der Waals surface area contributed by atoms with Gasteiger partial charge < -0.3 is 14.8 Å². The third kappa shape index (κ3) is 4.78. The first-order chi connectivity index (χ1) is 11.7.